The molecule has 0 amide bonds. The number of rotatable bonds is 3. The fourth-order valence-corrected chi connectivity index (χ4v) is 4.47. The summed E-state index contributed by atoms with van der Waals surface area (Å²) in [6, 6.07) is 10.3. The minimum absolute atomic E-state index is 0.0721. The van der Waals surface area contributed by atoms with Crippen LogP contribution in [-0.2, 0) is 5.60 Å². The molecule has 0 bridgehead atoms. The van der Waals surface area contributed by atoms with Gasteiger partial charge >= 0.3 is 0 Å². The standard InChI is InChI=1S/C21H28N4O/c1-16-14-22-23-20(17(16)2)25-13-10-21(26,18-8-4-3-5-9-18)19(15-25)24-11-6-7-12-24/h3-5,8-9,14,19,26H,6-7,10-13,15H2,1-2H3/t19-,21+/m1/s1. The SMILES string of the molecule is Cc1cnnc(N2CC[C@](O)(c3ccccc3)[C@H](N3CCCC3)C2)c1C. The Morgan fingerprint density at radius 1 is 1.08 bits per heavy atom. The molecule has 26 heavy (non-hydrogen) atoms. The van der Waals surface area contributed by atoms with Crippen molar-refractivity contribution in [1.29, 1.82) is 0 Å². The second-order valence-corrected chi connectivity index (χ2v) is 7.72. The Labute approximate surface area is 155 Å². The molecule has 5 heteroatoms. The molecule has 4 rings (SSSR count). The van der Waals surface area contributed by atoms with Crippen molar-refractivity contribution < 1.29 is 5.11 Å². The molecule has 2 aliphatic heterocycles. The molecule has 1 aromatic heterocycles. The summed E-state index contributed by atoms with van der Waals surface area (Å²) in [5.41, 5.74) is 2.57. The van der Waals surface area contributed by atoms with Gasteiger partial charge in [-0.05, 0) is 62.9 Å². The molecule has 0 spiro atoms. The normalized spacial score (nSPS) is 27.0. The van der Waals surface area contributed by atoms with Crippen LogP contribution in [0.3, 0.4) is 0 Å². The van der Waals surface area contributed by atoms with Crippen molar-refractivity contribution >= 4 is 5.82 Å². The highest BCUT2D eigenvalue weighted by atomic mass is 16.3. The van der Waals surface area contributed by atoms with Gasteiger partial charge in [0.1, 0.15) is 5.60 Å². The van der Waals surface area contributed by atoms with Crippen molar-refractivity contribution in [3.63, 3.8) is 0 Å². The zero-order chi connectivity index (χ0) is 18.1. The van der Waals surface area contributed by atoms with E-state index in [9.17, 15) is 5.11 Å². The van der Waals surface area contributed by atoms with Crippen LogP contribution in [0.5, 0.6) is 0 Å². The molecule has 0 unspecified atom stereocenters. The number of hydrogen-bond donors (Lipinski definition) is 1. The van der Waals surface area contributed by atoms with Crippen molar-refractivity contribution in [3.8, 4) is 0 Å². The van der Waals surface area contributed by atoms with Gasteiger partial charge in [0.25, 0.3) is 0 Å². The molecule has 1 aromatic carbocycles. The van der Waals surface area contributed by atoms with Crippen molar-refractivity contribution in [2.45, 2.75) is 44.8 Å². The van der Waals surface area contributed by atoms with Crippen molar-refractivity contribution in [2.24, 2.45) is 0 Å². The van der Waals surface area contributed by atoms with E-state index in [0.29, 0.717) is 6.42 Å². The Kier molecular flexibility index (Phi) is 4.67. The number of anilines is 1. The lowest BCUT2D eigenvalue weighted by molar-refractivity contribution is -0.0603. The zero-order valence-corrected chi connectivity index (χ0v) is 15.7. The van der Waals surface area contributed by atoms with E-state index < -0.39 is 5.60 Å². The lowest BCUT2D eigenvalue weighted by Gasteiger charge is -2.49. The molecule has 2 fully saturated rings. The van der Waals surface area contributed by atoms with Gasteiger partial charge < -0.3 is 10.0 Å². The van der Waals surface area contributed by atoms with E-state index in [1.54, 1.807) is 0 Å². The number of aliphatic hydroxyl groups is 1. The molecule has 2 aliphatic rings. The first-order valence-corrected chi connectivity index (χ1v) is 9.65. The number of aryl methyl sites for hydroxylation is 1. The summed E-state index contributed by atoms with van der Waals surface area (Å²) in [5, 5.41) is 20.3. The van der Waals surface area contributed by atoms with E-state index in [-0.39, 0.29) is 6.04 Å². The van der Waals surface area contributed by atoms with E-state index >= 15 is 0 Å². The van der Waals surface area contributed by atoms with Crippen LogP contribution in [0.15, 0.2) is 36.5 Å². The summed E-state index contributed by atoms with van der Waals surface area (Å²) in [5.74, 6) is 0.962. The van der Waals surface area contributed by atoms with Gasteiger partial charge in [0, 0.05) is 13.1 Å². The summed E-state index contributed by atoms with van der Waals surface area (Å²) >= 11 is 0. The zero-order valence-electron chi connectivity index (χ0n) is 15.7. The van der Waals surface area contributed by atoms with Gasteiger partial charge in [-0.1, -0.05) is 30.3 Å². The lowest BCUT2D eigenvalue weighted by Crippen LogP contribution is -2.60. The van der Waals surface area contributed by atoms with Crippen LogP contribution in [0.2, 0.25) is 0 Å². The fourth-order valence-electron chi connectivity index (χ4n) is 4.47. The van der Waals surface area contributed by atoms with Crippen LogP contribution in [0.1, 0.15) is 36.0 Å². The minimum atomic E-state index is -0.812. The monoisotopic (exact) mass is 352 g/mol. The summed E-state index contributed by atoms with van der Waals surface area (Å²) in [4.78, 5) is 4.79. The van der Waals surface area contributed by atoms with Crippen molar-refractivity contribution in [3.05, 3.63) is 53.2 Å². The van der Waals surface area contributed by atoms with E-state index in [4.69, 9.17) is 0 Å². The predicted octanol–water partition coefficient (Wildman–Crippen LogP) is 2.66. The third-order valence-electron chi connectivity index (χ3n) is 6.19. The van der Waals surface area contributed by atoms with E-state index in [0.717, 1.165) is 43.1 Å². The largest absolute Gasteiger partial charge is 0.383 e. The third-order valence-corrected chi connectivity index (χ3v) is 6.19. The second-order valence-electron chi connectivity index (χ2n) is 7.72. The first-order chi connectivity index (χ1) is 12.6. The molecule has 1 N–H and O–H groups in total. The number of piperidine rings is 1. The molecule has 3 heterocycles. The average molecular weight is 352 g/mol. The molecule has 0 radical (unpaired) electrons. The Bertz CT molecular complexity index is 760. The van der Waals surface area contributed by atoms with E-state index in [2.05, 4.69) is 46.0 Å². The van der Waals surface area contributed by atoms with Crippen LogP contribution >= 0.6 is 0 Å². The summed E-state index contributed by atoms with van der Waals surface area (Å²) in [6.45, 7) is 7.88. The van der Waals surface area contributed by atoms with Crippen molar-refractivity contribution in [1.82, 2.24) is 15.1 Å². The maximum Gasteiger partial charge on any atom is 0.154 e. The van der Waals surface area contributed by atoms with Gasteiger partial charge in [-0.2, -0.15) is 5.10 Å². The second kappa shape index (κ2) is 6.97. The summed E-state index contributed by atoms with van der Waals surface area (Å²) in [7, 11) is 0. The van der Waals surface area contributed by atoms with Crippen LogP contribution < -0.4 is 4.90 Å². The Morgan fingerprint density at radius 3 is 2.54 bits per heavy atom. The van der Waals surface area contributed by atoms with Gasteiger partial charge in [-0.15, -0.1) is 5.10 Å². The lowest BCUT2D eigenvalue weighted by atomic mass is 9.79. The summed E-state index contributed by atoms with van der Waals surface area (Å²) in [6.07, 6.45) is 4.95. The highest BCUT2D eigenvalue weighted by Crippen LogP contribution is 2.38. The smallest absolute Gasteiger partial charge is 0.154 e. The average Bonchev–Trinajstić information content (AvgIpc) is 3.20. The van der Waals surface area contributed by atoms with Crippen LogP contribution in [-0.4, -0.2) is 52.4 Å². The fraction of sp³-hybridized carbons (Fsp3) is 0.524. The van der Waals surface area contributed by atoms with Crippen LogP contribution in [0.4, 0.5) is 5.82 Å². The number of aromatic nitrogens is 2. The number of benzene rings is 1. The van der Waals surface area contributed by atoms with Crippen LogP contribution in [0, 0.1) is 13.8 Å². The topological polar surface area (TPSA) is 52.5 Å². The van der Waals surface area contributed by atoms with Crippen molar-refractivity contribution in [2.75, 3.05) is 31.1 Å². The Hall–Kier alpha value is -1.98. The van der Waals surface area contributed by atoms with Gasteiger partial charge in [0.15, 0.2) is 5.82 Å². The molecule has 2 aromatic rings. The maximum absolute atomic E-state index is 11.7. The molecule has 2 atom stereocenters. The highest BCUT2D eigenvalue weighted by molar-refractivity contribution is 5.49. The molecule has 2 saturated heterocycles. The molecular formula is C21H28N4O. The number of hydrogen-bond acceptors (Lipinski definition) is 5. The van der Waals surface area contributed by atoms with Gasteiger partial charge in [-0.3, -0.25) is 4.90 Å². The summed E-state index contributed by atoms with van der Waals surface area (Å²) < 4.78 is 0. The minimum Gasteiger partial charge on any atom is -0.383 e. The number of likely N-dealkylation sites (tertiary alicyclic amines) is 1. The van der Waals surface area contributed by atoms with E-state index in [1.165, 1.54) is 18.4 Å². The molecule has 0 saturated carbocycles. The van der Waals surface area contributed by atoms with Gasteiger partial charge in [0.2, 0.25) is 0 Å². The van der Waals surface area contributed by atoms with E-state index in [1.807, 2.05) is 24.4 Å². The third kappa shape index (κ3) is 2.99. The molecule has 0 aliphatic carbocycles. The molecule has 138 valence electrons. The highest BCUT2D eigenvalue weighted by Gasteiger charge is 2.46. The van der Waals surface area contributed by atoms with Gasteiger partial charge in [0.05, 0.1) is 12.2 Å². The number of nitrogens with zero attached hydrogens (tertiary/aromatic N) is 4. The first-order valence-electron chi connectivity index (χ1n) is 9.65. The maximum atomic E-state index is 11.7. The molecule has 5 nitrogen and oxygen atoms in total. The van der Waals surface area contributed by atoms with Crippen LogP contribution in [0.25, 0.3) is 0 Å². The Balaban J connectivity index is 1.68. The quantitative estimate of drug-likeness (QED) is 0.920. The molecular weight excluding hydrogens is 324 g/mol. The van der Waals surface area contributed by atoms with Gasteiger partial charge in [-0.25, -0.2) is 0 Å². The first kappa shape index (κ1) is 17.4. The Morgan fingerprint density at radius 2 is 1.81 bits per heavy atom. The predicted molar refractivity (Wildman–Crippen MR) is 103 cm³/mol.